The lowest BCUT2D eigenvalue weighted by Crippen LogP contribution is -2.19. The minimum atomic E-state index is 0.272. The monoisotopic (exact) mass is 339 g/mol. The van der Waals surface area contributed by atoms with Gasteiger partial charge in [0.05, 0.1) is 10.4 Å². The molecule has 0 aliphatic carbocycles. The minimum Gasteiger partial charge on any atom is -0.494 e. The molecule has 102 valence electrons. The Morgan fingerprint density at radius 2 is 2.05 bits per heavy atom. The molecule has 1 atom stereocenters. The Morgan fingerprint density at radius 3 is 2.68 bits per heavy atom. The van der Waals surface area contributed by atoms with Crippen LogP contribution in [0.5, 0.6) is 5.75 Å². The van der Waals surface area contributed by atoms with Gasteiger partial charge in [-0.25, -0.2) is 0 Å². The molecule has 0 amide bonds. The average Bonchev–Trinajstić information content (AvgIpc) is 2.83. The molecule has 0 aliphatic heterocycles. The summed E-state index contributed by atoms with van der Waals surface area (Å²) in [6.45, 7) is 2.71. The number of halogens is 1. The highest BCUT2D eigenvalue weighted by atomic mass is 79.9. The molecule has 0 radical (unpaired) electrons. The third-order valence-corrected chi connectivity index (χ3v) is 4.62. The number of benzene rings is 1. The van der Waals surface area contributed by atoms with E-state index in [4.69, 9.17) is 4.74 Å². The van der Waals surface area contributed by atoms with E-state index < -0.39 is 0 Å². The first-order valence-electron chi connectivity index (χ1n) is 6.37. The number of nitrogens with one attached hydrogen (secondary N) is 1. The van der Waals surface area contributed by atoms with Gasteiger partial charge in [0.25, 0.3) is 0 Å². The van der Waals surface area contributed by atoms with Crippen molar-refractivity contribution in [3.63, 3.8) is 0 Å². The van der Waals surface area contributed by atoms with Crippen molar-refractivity contribution in [2.24, 2.45) is 0 Å². The lowest BCUT2D eigenvalue weighted by Gasteiger charge is -2.19. The second kappa shape index (κ2) is 7.08. The number of hydrogen-bond donors (Lipinski definition) is 1. The molecule has 1 heterocycles. The standard InChI is InChI=1S/C15H18BrNOS/c1-3-18-14-7-5-4-6-12(14)13(17-2)10-11-8-9-15(16)19-11/h4-9,13,17H,3,10H2,1-2H3. The molecule has 0 fully saturated rings. The lowest BCUT2D eigenvalue weighted by molar-refractivity contribution is 0.332. The molecular weight excluding hydrogens is 322 g/mol. The second-order valence-electron chi connectivity index (χ2n) is 4.22. The van der Waals surface area contributed by atoms with Gasteiger partial charge in [-0.1, -0.05) is 18.2 Å². The van der Waals surface area contributed by atoms with Crippen LogP contribution in [0.4, 0.5) is 0 Å². The van der Waals surface area contributed by atoms with E-state index >= 15 is 0 Å². The van der Waals surface area contributed by atoms with Gasteiger partial charge >= 0.3 is 0 Å². The van der Waals surface area contributed by atoms with Gasteiger partial charge in [-0.15, -0.1) is 11.3 Å². The van der Waals surface area contributed by atoms with Crippen LogP contribution in [0.2, 0.25) is 0 Å². The fraction of sp³-hybridized carbons (Fsp3) is 0.333. The summed E-state index contributed by atoms with van der Waals surface area (Å²) in [5, 5.41) is 3.39. The van der Waals surface area contributed by atoms with Crippen molar-refractivity contribution in [2.45, 2.75) is 19.4 Å². The van der Waals surface area contributed by atoms with Gasteiger partial charge in [-0.2, -0.15) is 0 Å². The summed E-state index contributed by atoms with van der Waals surface area (Å²) in [6.07, 6.45) is 0.969. The highest BCUT2D eigenvalue weighted by Crippen LogP contribution is 2.30. The van der Waals surface area contributed by atoms with Gasteiger partial charge in [0.1, 0.15) is 5.75 Å². The van der Waals surface area contributed by atoms with E-state index in [9.17, 15) is 0 Å². The number of ether oxygens (including phenoxy) is 1. The molecule has 1 unspecified atom stereocenters. The van der Waals surface area contributed by atoms with E-state index in [1.807, 2.05) is 26.1 Å². The predicted octanol–water partition coefficient (Wildman–Crippen LogP) is 4.41. The Morgan fingerprint density at radius 1 is 1.26 bits per heavy atom. The summed E-state index contributed by atoms with van der Waals surface area (Å²) in [7, 11) is 2.00. The van der Waals surface area contributed by atoms with Crippen LogP contribution < -0.4 is 10.1 Å². The smallest absolute Gasteiger partial charge is 0.124 e. The minimum absolute atomic E-state index is 0.272. The van der Waals surface area contributed by atoms with Gasteiger partial charge in [0, 0.05) is 22.9 Å². The Hall–Kier alpha value is -0.840. The van der Waals surface area contributed by atoms with Gasteiger partial charge in [0.2, 0.25) is 0 Å². The molecule has 2 aromatic rings. The SMILES string of the molecule is CCOc1ccccc1C(Cc1ccc(Br)s1)NC. The Bertz CT molecular complexity index is 526. The number of rotatable bonds is 6. The maximum atomic E-state index is 5.72. The lowest BCUT2D eigenvalue weighted by atomic mass is 10.0. The van der Waals surface area contributed by atoms with E-state index in [1.54, 1.807) is 11.3 Å². The molecule has 1 aromatic carbocycles. The maximum Gasteiger partial charge on any atom is 0.124 e. The molecule has 0 saturated carbocycles. The zero-order valence-corrected chi connectivity index (χ0v) is 13.6. The van der Waals surface area contributed by atoms with Crippen molar-refractivity contribution in [1.29, 1.82) is 0 Å². The Labute approximate surface area is 126 Å². The van der Waals surface area contributed by atoms with Crippen LogP contribution in [0.3, 0.4) is 0 Å². The van der Waals surface area contributed by atoms with Crippen molar-refractivity contribution in [2.75, 3.05) is 13.7 Å². The normalized spacial score (nSPS) is 12.4. The molecule has 19 heavy (non-hydrogen) atoms. The highest BCUT2D eigenvalue weighted by Gasteiger charge is 2.15. The summed E-state index contributed by atoms with van der Waals surface area (Å²) in [4.78, 5) is 1.36. The fourth-order valence-corrected chi connectivity index (χ4v) is 3.61. The number of thiophene rings is 1. The van der Waals surface area contributed by atoms with Gasteiger partial charge < -0.3 is 10.1 Å². The zero-order chi connectivity index (χ0) is 13.7. The first-order chi connectivity index (χ1) is 9.24. The molecule has 0 bridgehead atoms. The molecular formula is C15H18BrNOS. The Kier molecular flexibility index (Phi) is 5.43. The van der Waals surface area contributed by atoms with E-state index in [2.05, 4.69) is 45.5 Å². The van der Waals surface area contributed by atoms with Crippen LogP contribution in [0.1, 0.15) is 23.4 Å². The van der Waals surface area contributed by atoms with E-state index in [-0.39, 0.29) is 6.04 Å². The van der Waals surface area contributed by atoms with E-state index in [0.717, 1.165) is 12.2 Å². The fourth-order valence-electron chi connectivity index (χ4n) is 2.09. The molecule has 0 spiro atoms. The van der Waals surface area contributed by atoms with Crippen LogP contribution in [0, 0.1) is 0 Å². The second-order valence-corrected chi connectivity index (χ2v) is 6.77. The van der Waals surface area contributed by atoms with Crippen LogP contribution >= 0.6 is 27.3 Å². The summed E-state index contributed by atoms with van der Waals surface area (Å²) in [5.74, 6) is 0.972. The quantitative estimate of drug-likeness (QED) is 0.841. The third kappa shape index (κ3) is 3.81. The largest absolute Gasteiger partial charge is 0.494 e. The van der Waals surface area contributed by atoms with Gasteiger partial charge in [0.15, 0.2) is 0 Å². The first-order valence-corrected chi connectivity index (χ1v) is 7.98. The third-order valence-electron chi connectivity index (χ3n) is 2.98. The molecule has 1 aromatic heterocycles. The van der Waals surface area contributed by atoms with Gasteiger partial charge in [-0.05, 0) is 48.1 Å². The predicted molar refractivity (Wildman–Crippen MR) is 85.1 cm³/mol. The van der Waals surface area contributed by atoms with Crippen molar-refractivity contribution in [3.05, 3.63) is 50.6 Å². The summed E-state index contributed by atoms with van der Waals surface area (Å²) in [6, 6.07) is 12.8. The molecule has 2 rings (SSSR count). The molecule has 1 N–H and O–H groups in total. The van der Waals surface area contributed by atoms with Crippen LogP contribution in [-0.2, 0) is 6.42 Å². The summed E-state index contributed by atoms with van der Waals surface area (Å²) < 4.78 is 6.89. The molecule has 0 saturated heterocycles. The highest BCUT2D eigenvalue weighted by molar-refractivity contribution is 9.11. The molecule has 4 heteroatoms. The first kappa shape index (κ1) is 14.6. The van der Waals surface area contributed by atoms with Crippen LogP contribution in [-0.4, -0.2) is 13.7 Å². The van der Waals surface area contributed by atoms with E-state index in [1.165, 1.54) is 14.2 Å². The zero-order valence-electron chi connectivity index (χ0n) is 11.2. The van der Waals surface area contributed by atoms with E-state index in [0.29, 0.717) is 6.61 Å². The van der Waals surface area contributed by atoms with Crippen molar-refractivity contribution in [1.82, 2.24) is 5.32 Å². The molecule has 0 aliphatic rings. The average molecular weight is 340 g/mol. The Balaban J connectivity index is 2.21. The number of likely N-dealkylation sites (N-methyl/N-ethyl adjacent to an activating group) is 1. The van der Waals surface area contributed by atoms with Crippen molar-refractivity contribution < 1.29 is 4.74 Å². The molecule has 2 nitrogen and oxygen atoms in total. The van der Waals surface area contributed by atoms with Crippen LogP contribution in [0.15, 0.2) is 40.2 Å². The topological polar surface area (TPSA) is 21.3 Å². The van der Waals surface area contributed by atoms with Gasteiger partial charge in [-0.3, -0.25) is 0 Å². The number of para-hydroxylation sites is 1. The summed E-state index contributed by atoms with van der Waals surface area (Å²) in [5.41, 5.74) is 1.22. The number of hydrogen-bond acceptors (Lipinski definition) is 3. The summed E-state index contributed by atoms with van der Waals surface area (Å²) >= 11 is 5.29. The van der Waals surface area contributed by atoms with Crippen molar-refractivity contribution in [3.8, 4) is 5.75 Å². The van der Waals surface area contributed by atoms with Crippen molar-refractivity contribution >= 4 is 27.3 Å². The van der Waals surface area contributed by atoms with Crippen LogP contribution in [0.25, 0.3) is 0 Å². The maximum absolute atomic E-state index is 5.72.